The van der Waals surface area contributed by atoms with Crippen LogP contribution in [0.15, 0.2) is 18.2 Å². The van der Waals surface area contributed by atoms with Gasteiger partial charge in [-0.1, -0.05) is 0 Å². The molecule has 0 fully saturated rings. The molecule has 0 aliphatic carbocycles. The van der Waals surface area contributed by atoms with Gasteiger partial charge in [0.15, 0.2) is 5.78 Å². The number of Topliss-reactive ketones (excluding diaryl/α,β-unsaturated/α-hetero) is 1. The number of carbonyl (C=O) groups is 1. The normalized spacial score (nSPS) is 11.3. The van der Waals surface area contributed by atoms with Crippen LogP contribution in [0.4, 0.5) is 10.1 Å². The fraction of sp³-hybridized carbons (Fsp3) is 0.417. The Morgan fingerprint density at radius 3 is 2.40 bits per heavy atom. The van der Waals surface area contributed by atoms with Gasteiger partial charge < -0.3 is 5.32 Å². The molecule has 0 amide bonds. The first-order valence-corrected chi connectivity index (χ1v) is 4.88. The van der Waals surface area contributed by atoms with Crippen molar-refractivity contribution in [2.45, 2.75) is 33.2 Å². The molecule has 82 valence electrons. The third-order valence-corrected chi connectivity index (χ3v) is 1.88. The minimum absolute atomic E-state index is 0.0630. The standard InChI is InChI=1S/C12H16FNO/c1-8(15)9-5-6-10(13)11(7-9)14-12(2,3)4/h5-7,14H,1-4H3. The molecule has 0 atom stereocenters. The molecule has 0 unspecified atom stereocenters. The summed E-state index contributed by atoms with van der Waals surface area (Å²) in [6, 6.07) is 4.35. The van der Waals surface area contributed by atoms with Crippen molar-refractivity contribution in [1.82, 2.24) is 0 Å². The first kappa shape index (κ1) is 11.7. The van der Waals surface area contributed by atoms with Crippen molar-refractivity contribution in [3.8, 4) is 0 Å². The number of rotatable bonds is 2. The average molecular weight is 209 g/mol. The summed E-state index contributed by atoms with van der Waals surface area (Å²) >= 11 is 0. The van der Waals surface area contributed by atoms with E-state index < -0.39 is 0 Å². The van der Waals surface area contributed by atoms with Crippen LogP contribution in [0.25, 0.3) is 0 Å². The topological polar surface area (TPSA) is 29.1 Å². The highest BCUT2D eigenvalue weighted by Crippen LogP contribution is 2.20. The Morgan fingerprint density at radius 1 is 1.33 bits per heavy atom. The third kappa shape index (κ3) is 3.35. The van der Waals surface area contributed by atoms with Crippen LogP contribution >= 0.6 is 0 Å². The molecular formula is C12H16FNO. The van der Waals surface area contributed by atoms with E-state index in [1.54, 1.807) is 6.07 Å². The van der Waals surface area contributed by atoms with Crippen LogP contribution in [0.3, 0.4) is 0 Å². The Kier molecular flexibility index (Phi) is 3.12. The van der Waals surface area contributed by atoms with Crippen LogP contribution < -0.4 is 5.32 Å². The summed E-state index contributed by atoms with van der Waals surface area (Å²) in [5.74, 6) is -0.401. The van der Waals surface area contributed by atoms with E-state index in [1.165, 1.54) is 19.1 Å². The maximum Gasteiger partial charge on any atom is 0.159 e. The molecule has 0 bridgehead atoms. The maximum absolute atomic E-state index is 13.4. The van der Waals surface area contributed by atoms with Crippen LogP contribution in [0.2, 0.25) is 0 Å². The molecular weight excluding hydrogens is 193 g/mol. The smallest absolute Gasteiger partial charge is 0.159 e. The molecule has 1 aromatic carbocycles. The highest BCUT2D eigenvalue weighted by molar-refractivity contribution is 5.95. The Hall–Kier alpha value is -1.38. The van der Waals surface area contributed by atoms with Gasteiger partial charge in [0.25, 0.3) is 0 Å². The van der Waals surface area contributed by atoms with Gasteiger partial charge in [0.1, 0.15) is 5.82 Å². The number of hydrogen-bond donors (Lipinski definition) is 1. The fourth-order valence-electron chi connectivity index (χ4n) is 1.24. The number of benzene rings is 1. The van der Waals surface area contributed by atoms with Gasteiger partial charge >= 0.3 is 0 Å². The van der Waals surface area contributed by atoms with E-state index in [0.29, 0.717) is 11.3 Å². The van der Waals surface area contributed by atoms with Gasteiger partial charge in [-0.25, -0.2) is 4.39 Å². The summed E-state index contributed by atoms with van der Waals surface area (Å²) in [7, 11) is 0. The number of nitrogens with one attached hydrogen (secondary N) is 1. The largest absolute Gasteiger partial charge is 0.378 e. The Labute approximate surface area is 89.5 Å². The van der Waals surface area contributed by atoms with E-state index in [0.717, 1.165) is 0 Å². The lowest BCUT2D eigenvalue weighted by Gasteiger charge is -2.22. The molecule has 0 spiro atoms. The quantitative estimate of drug-likeness (QED) is 0.757. The predicted molar refractivity (Wildman–Crippen MR) is 59.8 cm³/mol. The second-order valence-electron chi connectivity index (χ2n) is 4.63. The van der Waals surface area contributed by atoms with Crippen molar-refractivity contribution >= 4 is 11.5 Å². The molecule has 0 aromatic heterocycles. The first-order chi connectivity index (χ1) is 6.79. The van der Waals surface area contributed by atoms with E-state index >= 15 is 0 Å². The summed E-state index contributed by atoms with van der Waals surface area (Å²) in [5.41, 5.74) is 0.661. The number of ketones is 1. The fourth-order valence-corrected chi connectivity index (χ4v) is 1.24. The average Bonchev–Trinajstić information content (AvgIpc) is 2.06. The molecule has 2 nitrogen and oxygen atoms in total. The van der Waals surface area contributed by atoms with E-state index in [-0.39, 0.29) is 17.1 Å². The van der Waals surface area contributed by atoms with Crippen molar-refractivity contribution in [3.63, 3.8) is 0 Å². The summed E-state index contributed by atoms with van der Waals surface area (Å²) in [6.07, 6.45) is 0. The summed E-state index contributed by atoms with van der Waals surface area (Å²) in [4.78, 5) is 11.1. The van der Waals surface area contributed by atoms with Gasteiger partial charge in [-0.3, -0.25) is 4.79 Å². The number of anilines is 1. The minimum atomic E-state index is -0.338. The molecule has 0 aliphatic heterocycles. The van der Waals surface area contributed by atoms with Crippen LogP contribution in [0, 0.1) is 5.82 Å². The Morgan fingerprint density at radius 2 is 1.93 bits per heavy atom. The highest BCUT2D eigenvalue weighted by atomic mass is 19.1. The van der Waals surface area contributed by atoms with Gasteiger partial charge in [-0.05, 0) is 45.9 Å². The third-order valence-electron chi connectivity index (χ3n) is 1.88. The van der Waals surface area contributed by atoms with Crippen molar-refractivity contribution in [2.24, 2.45) is 0 Å². The maximum atomic E-state index is 13.4. The van der Waals surface area contributed by atoms with Crippen molar-refractivity contribution in [2.75, 3.05) is 5.32 Å². The molecule has 1 aromatic rings. The lowest BCUT2D eigenvalue weighted by Crippen LogP contribution is -2.26. The number of hydrogen-bond acceptors (Lipinski definition) is 2. The zero-order valence-electron chi connectivity index (χ0n) is 9.52. The second-order valence-corrected chi connectivity index (χ2v) is 4.63. The van der Waals surface area contributed by atoms with Crippen molar-refractivity contribution < 1.29 is 9.18 Å². The molecule has 1 N–H and O–H groups in total. The summed E-state index contributed by atoms with van der Waals surface area (Å²) in [6.45, 7) is 7.28. The lowest BCUT2D eigenvalue weighted by molar-refractivity contribution is 0.101. The van der Waals surface area contributed by atoms with Crippen LogP contribution in [-0.4, -0.2) is 11.3 Å². The summed E-state index contributed by atoms with van der Waals surface area (Å²) < 4.78 is 13.4. The molecule has 0 radical (unpaired) electrons. The molecule has 0 saturated carbocycles. The van der Waals surface area contributed by atoms with E-state index in [1.807, 2.05) is 20.8 Å². The second kappa shape index (κ2) is 4.01. The monoisotopic (exact) mass is 209 g/mol. The zero-order valence-corrected chi connectivity index (χ0v) is 9.52. The first-order valence-electron chi connectivity index (χ1n) is 4.88. The highest BCUT2D eigenvalue weighted by Gasteiger charge is 2.13. The lowest BCUT2D eigenvalue weighted by atomic mass is 10.1. The SMILES string of the molecule is CC(=O)c1ccc(F)c(NC(C)(C)C)c1. The van der Waals surface area contributed by atoms with E-state index in [9.17, 15) is 9.18 Å². The van der Waals surface area contributed by atoms with Gasteiger partial charge in [0, 0.05) is 11.1 Å². The number of halogens is 1. The van der Waals surface area contributed by atoms with Gasteiger partial charge in [-0.15, -0.1) is 0 Å². The van der Waals surface area contributed by atoms with Crippen molar-refractivity contribution in [3.05, 3.63) is 29.6 Å². The summed E-state index contributed by atoms with van der Waals surface area (Å²) in [5, 5.41) is 3.02. The van der Waals surface area contributed by atoms with Gasteiger partial charge in [0.2, 0.25) is 0 Å². The molecule has 15 heavy (non-hydrogen) atoms. The van der Waals surface area contributed by atoms with Crippen molar-refractivity contribution in [1.29, 1.82) is 0 Å². The minimum Gasteiger partial charge on any atom is -0.378 e. The number of carbonyl (C=O) groups excluding carboxylic acids is 1. The Balaban J connectivity index is 3.06. The molecule has 0 saturated heterocycles. The molecule has 0 aliphatic rings. The predicted octanol–water partition coefficient (Wildman–Crippen LogP) is 3.24. The van der Waals surface area contributed by atoms with E-state index in [4.69, 9.17) is 0 Å². The van der Waals surface area contributed by atoms with Gasteiger partial charge in [0.05, 0.1) is 5.69 Å². The molecule has 3 heteroatoms. The van der Waals surface area contributed by atoms with Crippen LogP contribution in [0.5, 0.6) is 0 Å². The van der Waals surface area contributed by atoms with Crippen LogP contribution in [-0.2, 0) is 0 Å². The Bertz CT molecular complexity index is 380. The molecule has 0 heterocycles. The zero-order chi connectivity index (χ0) is 11.6. The van der Waals surface area contributed by atoms with E-state index in [2.05, 4.69) is 5.32 Å². The van der Waals surface area contributed by atoms with Crippen LogP contribution in [0.1, 0.15) is 38.1 Å². The van der Waals surface area contributed by atoms with Gasteiger partial charge in [-0.2, -0.15) is 0 Å². The molecule has 1 rings (SSSR count).